The summed E-state index contributed by atoms with van der Waals surface area (Å²) in [6.07, 6.45) is 32.9. The molecule has 0 bridgehead atoms. The zero-order valence-electron chi connectivity index (χ0n) is 33.9. The summed E-state index contributed by atoms with van der Waals surface area (Å²) in [4.78, 5) is 6.41. The smallest absolute Gasteiger partial charge is 0.0357 e. The highest BCUT2D eigenvalue weighted by Crippen LogP contribution is 2.52. The maximum Gasteiger partial charge on any atom is 0.0357 e. The van der Waals surface area contributed by atoms with Crippen molar-refractivity contribution in [3.05, 3.63) is 36.4 Å². The van der Waals surface area contributed by atoms with Gasteiger partial charge in [-0.25, -0.2) is 0 Å². The Kier molecular flexibility index (Phi) is 22.9. The molecule has 0 aliphatic carbocycles. The van der Waals surface area contributed by atoms with Crippen molar-refractivity contribution in [2.75, 3.05) is 23.0 Å². The van der Waals surface area contributed by atoms with Gasteiger partial charge in [-0.15, -0.1) is 47.0 Å². The molecule has 0 aromatic heterocycles. The summed E-state index contributed by atoms with van der Waals surface area (Å²) in [7, 11) is 0. The van der Waals surface area contributed by atoms with Gasteiger partial charge in [0.1, 0.15) is 0 Å². The molecule has 4 aromatic carbocycles. The Morgan fingerprint density at radius 3 is 1.29 bits per heavy atom. The fourth-order valence-electron chi connectivity index (χ4n) is 7.64. The van der Waals surface area contributed by atoms with Crippen LogP contribution in [-0.4, -0.2) is 23.0 Å². The molecule has 52 heavy (non-hydrogen) atoms. The zero-order valence-corrected chi connectivity index (χ0v) is 37.2. The summed E-state index contributed by atoms with van der Waals surface area (Å²) >= 11 is 8.81. The summed E-state index contributed by atoms with van der Waals surface area (Å²) in [5.41, 5.74) is 0. The fraction of sp³-hybridized carbons (Fsp3) is 0.667. The van der Waals surface area contributed by atoms with Crippen LogP contribution in [0.25, 0.3) is 32.3 Å². The lowest BCUT2D eigenvalue weighted by molar-refractivity contribution is 0.626. The number of hydrogen-bond donors (Lipinski definition) is 0. The Balaban J connectivity index is 1.74. The second kappa shape index (κ2) is 27.0. The minimum absolute atomic E-state index is 1.23. The standard InChI is InChI=1S/C48H74S4/c1-5-9-13-17-21-25-34-49-42-38-40-31-29-30-39-32-33-41-44(43(39)40)45(42)47(51-36-27-23-19-15-11-7-3)48(52-37-28-24-20-16-12-8-4)46(41)50-35-26-22-18-14-10-6-2/h29-33,38H,5-28,34-37H2,1-4H3. The average Bonchev–Trinajstić information content (AvgIpc) is 3.16. The van der Waals surface area contributed by atoms with Crippen molar-refractivity contribution < 1.29 is 0 Å². The lowest BCUT2D eigenvalue weighted by atomic mass is 9.94. The van der Waals surface area contributed by atoms with E-state index in [2.05, 4.69) is 111 Å². The quantitative estimate of drug-likeness (QED) is 0.0275. The molecule has 0 nitrogen and oxygen atoms in total. The second-order valence-corrected chi connectivity index (χ2v) is 19.7. The largest absolute Gasteiger partial charge is 0.125 e. The van der Waals surface area contributed by atoms with Crippen LogP contribution < -0.4 is 0 Å². The number of thioether (sulfide) groups is 4. The molecule has 0 aliphatic heterocycles. The van der Waals surface area contributed by atoms with E-state index in [1.807, 2.05) is 0 Å². The molecule has 0 radical (unpaired) electrons. The van der Waals surface area contributed by atoms with Gasteiger partial charge in [0.2, 0.25) is 0 Å². The van der Waals surface area contributed by atoms with Crippen LogP contribution in [0.15, 0.2) is 56.0 Å². The molecule has 290 valence electrons. The molecule has 0 amide bonds. The normalized spacial score (nSPS) is 12.0. The molecule has 4 rings (SSSR count). The minimum atomic E-state index is 1.23. The van der Waals surface area contributed by atoms with E-state index in [-0.39, 0.29) is 0 Å². The molecule has 0 spiro atoms. The van der Waals surface area contributed by atoms with Gasteiger partial charge in [0, 0.05) is 30.4 Å². The van der Waals surface area contributed by atoms with Gasteiger partial charge in [-0.2, -0.15) is 0 Å². The van der Waals surface area contributed by atoms with Gasteiger partial charge in [0.05, 0.1) is 0 Å². The minimum Gasteiger partial charge on any atom is -0.125 e. The van der Waals surface area contributed by atoms with E-state index in [0.29, 0.717) is 0 Å². The van der Waals surface area contributed by atoms with E-state index < -0.39 is 0 Å². The fourth-order valence-corrected chi connectivity index (χ4v) is 12.9. The van der Waals surface area contributed by atoms with E-state index in [4.69, 9.17) is 0 Å². The lowest BCUT2D eigenvalue weighted by Crippen LogP contribution is -1.97. The number of hydrogen-bond acceptors (Lipinski definition) is 4. The predicted octanol–water partition coefficient (Wildman–Crippen LogP) is 18.4. The van der Waals surface area contributed by atoms with Crippen molar-refractivity contribution >= 4 is 79.4 Å². The van der Waals surface area contributed by atoms with E-state index in [1.54, 1.807) is 30.4 Å². The van der Waals surface area contributed by atoms with Crippen LogP contribution >= 0.6 is 47.0 Å². The molecule has 0 saturated carbocycles. The van der Waals surface area contributed by atoms with Gasteiger partial charge in [-0.1, -0.05) is 186 Å². The van der Waals surface area contributed by atoms with Crippen LogP contribution in [0.5, 0.6) is 0 Å². The van der Waals surface area contributed by atoms with Gasteiger partial charge >= 0.3 is 0 Å². The van der Waals surface area contributed by atoms with Crippen LogP contribution in [-0.2, 0) is 0 Å². The summed E-state index contributed by atoms with van der Waals surface area (Å²) < 4.78 is 0. The third kappa shape index (κ3) is 14.1. The zero-order chi connectivity index (χ0) is 36.6. The Morgan fingerprint density at radius 2 is 0.769 bits per heavy atom. The van der Waals surface area contributed by atoms with Crippen molar-refractivity contribution in [2.24, 2.45) is 0 Å². The lowest BCUT2D eigenvalue weighted by Gasteiger charge is -2.24. The molecule has 0 atom stereocenters. The van der Waals surface area contributed by atoms with E-state index >= 15 is 0 Å². The first-order valence-corrected chi connectivity index (χ1v) is 26.0. The Hall–Kier alpha value is -0.680. The van der Waals surface area contributed by atoms with E-state index in [1.165, 1.54) is 199 Å². The molecule has 0 fully saturated rings. The number of rotatable bonds is 32. The third-order valence-electron chi connectivity index (χ3n) is 10.7. The van der Waals surface area contributed by atoms with Crippen LogP contribution in [0.3, 0.4) is 0 Å². The van der Waals surface area contributed by atoms with Gasteiger partial charge in [-0.05, 0) is 76.3 Å². The van der Waals surface area contributed by atoms with Crippen LogP contribution in [0, 0.1) is 0 Å². The highest BCUT2D eigenvalue weighted by Gasteiger charge is 2.24. The second-order valence-electron chi connectivity index (χ2n) is 15.3. The monoisotopic (exact) mass is 778 g/mol. The first-order valence-electron chi connectivity index (χ1n) is 22.0. The van der Waals surface area contributed by atoms with Crippen LogP contribution in [0.1, 0.15) is 182 Å². The first kappa shape index (κ1) is 44.0. The molecule has 0 N–H and O–H groups in total. The van der Waals surface area contributed by atoms with Crippen molar-refractivity contribution in [2.45, 2.75) is 201 Å². The molecule has 0 heterocycles. The van der Waals surface area contributed by atoms with Crippen molar-refractivity contribution in [3.63, 3.8) is 0 Å². The summed E-state index contributed by atoms with van der Waals surface area (Å²) in [5.74, 6) is 4.95. The average molecular weight is 779 g/mol. The highest BCUT2D eigenvalue weighted by molar-refractivity contribution is 8.04. The van der Waals surface area contributed by atoms with Gasteiger partial charge in [0.25, 0.3) is 0 Å². The third-order valence-corrected chi connectivity index (χ3v) is 15.7. The Morgan fingerprint density at radius 1 is 0.346 bits per heavy atom. The molecular formula is C48H74S4. The van der Waals surface area contributed by atoms with Crippen molar-refractivity contribution in [3.8, 4) is 0 Å². The SMILES string of the molecule is CCCCCCCCSc1c(SCCCCCCCC)c2ccc3cccc4cc(SCCCCCCCC)c(c1SCCCCCCCC)c2c34. The van der Waals surface area contributed by atoms with Gasteiger partial charge < -0.3 is 0 Å². The number of unbranched alkanes of at least 4 members (excludes halogenated alkanes) is 20. The van der Waals surface area contributed by atoms with Gasteiger partial charge in [-0.3, -0.25) is 0 Å². The van der Waals surface area contributed by atoms with Crippen molar-refractivity contribution in [1.29, 1.82) is 0 Å². The topological polar surface area (TPSA) is 0 Å². The summed E-state index contributed by atoms with van der Waals surface area (Å²) in [6.45, 7) is 9.32. The Labute approximate surface area is 338 Å². The summed E-state index contributed by atoms with van der Waals surface area (Å²) in [6, 6.07) is 14.6. The van der Waals surface area contributed by atoms with E-state index in [0.717, 1.165) is 0 Å². The maximum absolute atomic E-state index is 2.59. The molecular weight excluding hydrogens is 705 g/mol. The highest BCUT2D eigenvalue weighted by atomic mass is 32.2. The van der Waals surface area contributed by atoms with Crippen molar-refractivity contribution in [1.82, 2.24) is 0 Å². The first-order chi connectivity index (χ1) is 25.7. The molecule has 0 aliphatic rings. The molecule has 0 saturated heterocycles. The molecule has 4 heteroatoms. The maximum atomic E-state index is 2.59. The predicted molar refractivity (Wildman–Crippen MR) is 247 cm³/mol. The molecule has 4 aromatic rings. The van der Waals surface area contributed by atoms with Crippen LogP contribution in [0.2, 0.25) is 0 Å². The Bertz CT molecular complexity index is 1510. The molecule has 0 unspecified atom stereocenters. The van der Waals surface area contributed by atoms with E-state index in [9.17, 15) is 0 Å². The van der Waals surface area contributed by atoms with Crippen LogP contribution in [0.4, 0.5) is 0 Å². The summed E-state index contributed by atoms with van der Waals surface area (Å²) in [5, 5.41) is 9.06. The van der Waals surface area contributed by atoms with Gasteiger partial charge in [0.15, 0.2) is 0 Å². The number of benzene rings is 4.